The van der Waals surface area contributed by atoms with E-state index >= 15 is 0 Å². The highest BCUT2D eigenvalue weighted by molar-refractivity contribution is 5.92. The van der Waals surface area contributed by atoms with Gasteiger partial charge in [0.1, 0.15) is 12.4 Å². The lowest BCUT2D eigenvalue weighted by atomic mass is 9.97. The second-order valence-electron chi connectivity index (χ2n) is 9.41. The monoisotopic (exact) mass is 506 g/mol. The van der Waals surface area contributed by atoms with Gasteiger partial charge in [-0.15, -0.1) is 0 Å². The number of carbonyl (C=O) groups is 1. The number of nitrogens with zero attached hydrogens (tertiary/aromatic N) is 3. The van der Waals surface area contributed by atoms with Gasteiger partial charge in [-0.25, -0.2) is 14.4 Å². The summed E-state index contributed by atoms with van der Waals surface area (Å²) in [6, 6.07) is 9.08. The number of benzene rings is 1. The lowest BCUT2D eigenvalue weighted by molar-refractivity contribution is -0.106. The highest BCUT2D eigenvalue weighted by Crippen LogP contribution is 2.48. The standard InChI is InChI=1S/C26H28FN5O2.CH3NO/c1-16-11-21(27)23(28-8-6-26(2)4-5-26)14-19(16)17-12-22(31-24(13-17)34-10-9-33)18-3-7-29-25-20(18)15-30-32-25;2-1-3/h3,7,11-15,28,33H,4-6,8-10H2,1-2H3,(H,29,30,32);1H,(H2,2,3). The first-order valence-electron chi connectivity index (χ1n) is 12.1. The molecule has 3 aromatic heterocycles. The number of amides is 1. The van der Waals surface area contributed by atoms with Crippen molar-refractivity contribution in [1.82, 2.24) is 20.2 Å². The van der Waals surface area contributed by atoms with Crippen LogP contribution in [0, 0.1) is 18.2 Å². The number of carbonyl (C=O) groups excluding carboxylic acids is 1. The number of anilines is 1. The van der Waals surface area contributed by atoms with Gasteiger partial charge in [0, 0.05) is 29.8 Å². The van der Waals surface area contributed by atoms with Crippen molar-refractivity contribution < 1.29 is 19.0 Å². The number of hydrogen-bond donors (Lipinski definition) is 4. The van der Waals surface area contributed by atoms with Crippen molar-refractivity contribution in [2.24, 2.45) is 11.1 Å². The molecule has 0 bridgehead atoms. The largest absolute Gasteiger partial charge is 0.475 e. The number of pyridine rings is 2. The molecule has 0 atom stereocenters. The number of H-pyrrole nitrogens is 1. The van der Waals surface area contributed by atoms with Crippen molar-refractivity contribution in [3.05, 3.63) is 54.1 Å². The van der Waals surface area contributed by atoms with Crippen molar-refractivity contribution >= 4 is 23.1 Å². The number of nitrogens with one attached hydrogen (secondary N) is 2. The summed E-state index contributed by atoms with van der Waals surface area (Å²) in [5.41, 5.74) is 9.80. The number of nitrogens with two attached hydrogens (primary N) is 1. The zero-order valence-corrected chi connectivity index (χ0v) is 20.9. The molecule has 5 N–H and O–H groups in total. The van der Waals surface area contributed by atoms with Gasteiger partial charge in [-0.2, -0.15) is 5.10 Å². The summed E-state index contributed by atoms with van der Waals surface area (Å²) in [7, 11) is 0. The Balaban J connectivity index is 0.00000102. The average molecular weight is 507 g/mol. The normalized spacial score (nSPS) is 13.5. The first-order chi connectivity index (χ1) is 17.9. The quantitative estimate of drug-likeness (QED) is 0.249. The summed E-state index contributed by atoms with van der Waals surface area (Å²) in [4.78, 5) is 17.5. The van der Waals surface area contributed by atoms with Crippen LogP contribution in [0.25, 0.3) is 33.4 Å². The van der Waals surface area contributed by atoms with Gasteiger partial charge in [-0.05, 0) is 72.6 Å². The van der Waals surface area contributed by atoms with Crippen LogP contribution in [0.1, 0.15) is 31.7 Å². The van der Waals surface area contributed by atoms with Crippen LogP contribution >= 0.6 is 0 Å². The lowest BCUT2D eigenvalue weighted by Gasteiger charge is -2.16. The number of rotatable bonds is 9. The average Bonchev–Trinajstić information content (AvgIpc) is 3.41. The van der Waals surface area contributed by atoms with Gasteiger partial charge in [0.2, 0.25) is 12.3 Å². The van der Waals surface area contributed by atoms with E-state index in [1.807, 2.05) is 31.2 Å². The number of aliphatic hydroxyl groups is 1. The second kappa shape index (κ2) is 11.3. The molecule has 0 aliphatic heterocycles. The fraction of sp³-hybridized carbons (Fsp3) is 0.333. The Hall–Kier alpha value is -4.05. The van der Waals surface area contributed by atoms with Gasteiger partial charge in [0.05, 0.1) is 24.2 Å². The third kappa shape index (κ3) is 6.21. The van der Waals surface area contributed by atoms with Crippen molar-refractivity contribution in [1.29, 1.82) is 0 Å². The molecule has 9 nitrogen and oxygen atoms in total. The third-order valence-electron chi connectivity index (χ3n) is 6.55. The fourth-order valence-electron chi connectivity index (χ4n) is 4.18. The maximum Gasteiger partial charge on any atom is 0.214 e. The molecule has 0 saturated heterocycles. The van der Waals surface area contributed by atoms with Gasteiger partial charge in [-0.3, -0.25) is 9.89 Å². The predicted molar refractivity (Wildman–Crippen MR) is 141 cm³/mol. The first-order valence-corrected chi connectivity index (χ1v) is 12.1. The molecular weight excluding hydrogens is 475 g/mol. The molecule has 194 valence electrons. The number of aromatic amines is 1. The molecule has 0 spiro atoms. The van der Waals surface area contributed by atoms with E-state index in [1.165, 1.54) is 12.8 Å². The fourth-order valence-corrected chi connectivity index (χ4v) is 4.18. The summed E-state index contributed by atoms with van der Waals surface area (Å²) < 4.78 is 20.5. The van der Waals surface area contributed by atoms with Crippen molar-refractivity contribution in [3.63, 3.8) is 0 Å². The van der Waals surface area contributed by atoms with Crippen LogP contribution in [0.15, 0.2) is 42.7 Å². The van der Waals surface area contributed by atoms with E-state index in [1.54, 1.807) is 18.5 Å². The van der Waals surface area contributed by atoms with Gasteiger partial charge < -0.3 is 20.9 Å². The van der Waals surface area contributed by atoms with E-state index in [0.717, 1.165) is 40.6 Å². The Bertz CT molecular complexity index is 1390. The van der Waals surface area contributed by atoms with E-state index in [9.17, 15) is 9.50 Å². The molecule has 1 saturated carbocycles. The molecule has 0 unspecified atom stereocenters. The van der Waals surface area contributed by atoms with Crippen LogP contribution < -0.4 is 15.8 Å². The predicted octanol–water partition coefficient (Wildman–Crippen LogP) is 4.21. The minimum absolute atomic E-state index is 0.120. The van der Waals surface area contributed by atoms with Crippen LogP contribution in [-0.2, 0) is 4.79 Å². The zero-order valence-electron chi connectivity index (χ0n) is 20.9. The van der Waals surface area contributed by atoms with E-state index in [-0.39, 0.29) is 25.4 Å². The third-order valence-corrected chi connectivity index (χ3v) is 6.55. The van der Waals surface area contributed by atoms with E-state index in [4.69, 9.17) is 9.53 Å². The maximum absolute atomic E-state index is 14.8. The molecule has 0 radical (unpaired) electrons. The minimum atomic E-state index is -0.262. The summed E-state index contributed by atoms with van der Waals surface area (Å²) in [5, 5.41) is 20.3. The second-order valence-corrected chi connectivity index (χ2v) is 9.41. The Kier molecular flexibility index (Phi) is 7.98. The minimum Gasteiger partial charge on any atom is -0.475 e. The van der Waals surface area contributed by atoms with Crippen molar-refractivity contribution in [3.8, 4) is 28.3 Å². The number of fused-ring (bicyclic) bond motifs is 1. The van der Waals surface area contributed by atoms with Gasteiger partial charge in [-0.1, -0.05) is 6.92 Å². The number of hydrogen-bond acceptors (Lipinski definition) is 7. The van der Waals surface area contributed by atoms with Crippen LogP contribution in [0.4, 0.5) is 10.1 Å². The Morgan fingerprint density at radius 2 is 2.05 bits per heavy atom. The number of ether oxygens (including phenoxy) is 1. The van der Waals surface area contributed by atoms with Crippen LogP contribution in [0.3, 0.4) is 0 Å². The topological polar surface area (TPSA) is 139 Å². The number of halogens is 1. The van der Waals surface area contributed by atoms with E-state index in [0.29, 0.717) is 28.3 Å². The molecule has 1 aliphatic rings. The number of aliphatic hydroxyl groups excluding tert-OH is 1. The van der Waals surface area contributed by atoms with Crippen molar-refractivity contribution in [2.45, 2.75) is 33.1 Å². The number of aryl methyl sites for hydroxylation is 1. The summed E-state index contributed by atoms with van der Waals surface area (Å²) >= 11 is 0. The highest BCUT2D eigenvalue weighted by atomic mass is 19.1. The van der Waals surface area contributed by atoms with Crippen LogP contribution in [-0.4, -0.2) is 51.4 Å². The SMILES string of the molecule is Cc1cc(F)c(NCCC2(C)CC2)cc1-c1cc(OCCO)nc(-c2ccnc3[nH]ncc23)c1.NC=O. The van der Waals surface area contributed by atoms with E-state index in [2.05, 4.69) is 38.1 Å². The van der Waals surface area contributed by atoms with Gasteiger partial charge in [0.25, 0.3) is 0 Å². The molecule has 3 heterocycles. The molecule has 1 aliphatic carbocycles. The van der Waals surface area contributed by atoms with Crippen molar-refractivity contribution in [2.75, 3.05) is 25.1 Å². The molecule has 1 fully saturated rings. The number of aromatic nitrogens is 4. The Morgan fingerprint density at radius 3 is 2.78 bits per heavy atom. The number of primary amides is 1. The van der Waals surface area contributed by atoms with Crippen LogP contribution in [0.5, 0.6) is 5.88 Å². The first kappa shape index (κ1) is 26.0. The molecule has 37 heavy (non-hydrogen) atoms. The molecule has 1 amide bonds. The highest BCUT2D eigenvalue weighted by Gasteiger charge is 2.36. The molecule has 10 heteroatoms. The molecule has 1 aromatic carbocycles. The molecule has 4 aromatic rings. The Morgan fingerprint density at radius 1 is 1.27 bits per heavy atom. The zero-order chi connectivity index (χ0) is 26.4. The maximum atomic E-state index is 14.8. The van der Waals surface area contributed by atoms with E-state index < -0.39 is 0 Å². The summed E-state index contributed by atoms with van der Waals surface area (Å²) in [5.74, 6) is 0.123. The summed E-state index contributed by atoms with van der Waals surface area (Å²) in [6.45, 7) is 4.90. The smallest absolute Gasteiger partial charge is 0.214 e. The van der Waals surface area contributed by atoms with Gasteiger partial charge in [0.15, 0.2) is 5.65 Å². The van der Waals surface area contributed by atoms with Gasteiger partial charge >= 0.3 is 0 Å². The Labute approximate surface area is 214 Å². The molecular formula is C27H31FN6O3. The lowest BCUT2D eigenvalue weighted by Crippen LogP contribution is -2.08. The molecule has 5 rings (SSSR count). The summed E-state index contributed by atoms with van der Waals surface area (Å²) in [6.07, 6.45) is 7.17. The van der Waals surface area contributed by atoms with Crippen LogP contribution in [0.2, 0.25) is 0 Å².